The molecule has 1 aromatic heterocycles. The van der Waals surface area contributed by atoms with Crippen LogP contribution in [0, 0.1) is 35.5 Å². The predicted molar refractivity (Wildman–Crippen MR) is 138 cm³/mol. The standard InChI is InChI=1S/C28H36N4O2S/c33-27-24-18-9-10-19(15-18)25(24)28(34)32(27)17-21-6-2-1-5-20(21)16-30-11-13-31(14-12-30)26-22-7-3-4-8-23(22)35-29-26/h3-4,7-8,18-21,24-25H,1-2,5-6,9-17H2/t18-,19+,20-,21-,24-,25+/m1/s1. The van der Waals surface area contributed by atoms with Crippen LogP contribution in [0.25, 0.3) is 10.1 Å². The first-order chi connectivity index (χ1) is 17.2. The molecule has 186 valence electrons. The number of aromatic nitrogens is 1. The Labute approximate surface area is 211 Å². The van der Waals surface area contributed by atoms with Gasteiger partial charge in [0.1, 0.15) is 5.82 Å². The zero-order chi connectivity index (χ0) is 23.5. The fourth-order valence-corrected chi connectivity index (χ4v) is 9.02. The summed E-state index contributed by atoms with van der Waals surface area (Å²) in [5.41, 5.74) is 0. The Morgan fingerprint density at radius 3 is 2.20 bits per heavy atom. The summed E-state index contributed by atoms with van der Waals surface area (Å²) in [6.45, 7) is 5.93. The number of fused-ring (bicyclic) bond motifs is 6. The largest absolute Gasteiger partial charge is 0.353 e. The first kappa shape index (κ1) is 22.2. The maximum Gasteiger partial charge on any atom is 0.233 e. The fourth-order valence-electron chi connectivity index (χ4n) is 8.22. The van der Waals surface area contributed by atoms with Crippen LogP contribution in [0.3, 0.4) is 0 Å². The smallest absolute Gasteiger partial charge is 0.233 e. The van der Waals surface area contributed by atoms with E-state index in [2.05, 4.69) is 34.1 Å². The number of piperazine rings is 1. The molecule has 3 saturated carbocycles. The van der Waals surface area contributed by atoms with Gasteiger partial charge >= 0.3 is 0 Å². The molecular formula is C28H36N4O2S. The van der Waals surface area contributed by atoms with E-state index in [1.165, 1.54) is 29.3 Å². The van der Waals surface area contributed by atoms with Crippen LogP contribution in [-0.2, 0) is 9.59 Å². The van der Waals surface area contributed by atoms with Crippen LogP contribution in [0.15, 0.2) is 24.3 Å². The lowest BCUT2D eigenvalue weighted by molar-refractivity contribution is -0.142. The van der Waals surface area contributed by atoms with Gasteiger partial charge in [0.25, 0.3) is 0 Å². The number of carbonyl (C=O) groups excluding carboxylic acids is 2. The molecule has 7 heteroatoms. The molecule has 0 spiro atoms. The van der Waals surface area contributed by atoms with Crippen LogP contribution in [0.1, 0.15) is 44.9 Å². The zero-order valence-electron chi connectivity index (χ0n) is 20.5. The molecule has 3 aliphatic carbocycles. The number of rotatable bonds is 5. The number of likely N-dealkylation sites (tertiary alicyclic amines) is 1. The number of amides is 2. The van der Waals surface area contributed by atoms with E-state index >= 15 is 0 Å². The van der Waals surface area contributed by atoms with Gasteiger partial charge in [-0.2, -0.15) is 4.37 Å². The van der Waals surface area contributed by atoms with Crippen molar-refractivity contribution in [1.29, 1.82) is 0 Å². The molecule has 7 rings (SSSR count). The normalized spacial score (nSPS) is 35.4. The molecule has 5 fully saturated rings. The van der Waals surface area contributed by atoms with Crippen LogP contribution in [-0.4, -0.2) is 65.3 Å². The third kappa shape index (κ3) is 3.72. The van der Waals surface area contributed by atoms with Crippen molar-refractivity contribution >= 4 is 39.3 Å². The van der Waals surface area contributed by atoms with E-state index in [1.807, 2.05) is 0 Å². The number of nitrogens with zero attached hydrogens (tertiary/aromatic N) is 4. The van der Waals surface area contributed by atoms with Crippen molar-refractivity contribution in [1.82, 2.24) is 14.2 Å². The van der Waals surface area contributed by atoms with Gasteiger partial charge in [0.2, 0.25) is 11.8 Å². The van der Waals surface area contributed by atoms with Gasteiger partial charge in [-0.15, -0.1) is 0 Å². The van der Waals surface area contributed by atoms with Crippen molar-refractivity contribution < 1.29 is 9.59 Å². The zero-order valence-corrected chi connectivity index (χ0v) is 21.3. The average molecular weight is 493 g/mol. The Morgan fingerprint density at radius 1 is 0.829 bits per heavy atom. The molecule has 1 aromatic carbocycles. The monoisotopic (exact) mass is 492 g/mol. The quantitative estimate of drug-likeness (QED) is 0.584. The molecule has 2 bridgehead atoms. The van der Waals surface area contributed by atoms with Crippen molar-refractivity contribution in [2.75, 3.05) is 44.2 Å². The van der Waals surface area contributed by atoms with E-state index < -0.39 is 0 Å². The Bertz CT molecular complexity index is 1100. The lowest BCUT2D eigenvalue weighted by Crippen LogP contribution is -2.49. The van der Waals surface area contributed by atoms with Gasteiger partial charge < -0.3 is 4.90 Å². The first-order valence-electron chi connectivity index (χ1n) is 13.8. The summed E-state index contributed by atoms with van der Waals surface area (Å²) in [5.74, 6) is 3.59. The predicted octanol–water partition coefficient (Wildman–Crippen LogP) is 4.26. The summed E-state index contributed by atoms with van der Waals surface area (Å²) in [4.78, 5) is 33.4. The lowest BCUT2D eigenvalue weighted by atomic mass is 9.78. The number of hydrogen-bond donors (Lipinski definition) is 0. The summed E-state index contributed by atoms with van der Waals surface area (Å²) in [5, 5.41) is 1.27. The summed E-state index contributed by atoms with van der Waals surface area (Å²) in [6.07, 6.45) is 8.35. The third-order valence-electron chi connectivity index (χ3n) is 10.0. The molecule has 2 aliphatic heterocycles. The van der Waals surface area contributed by atoms with Crippen LogP contribution in [0.5, 0.6) is 0 Å². The highest BCUT2D eigenvalue weighted by molar-refractivity contribution is 7.13. The fraction of sp³-hybridized carbons (Fsp3) is 0.679. The van der Waals surface area contributed by atoms with Gasteiger partial charge in [-0.25, -0.2) is 0 Å². The van der Waals surface area contributed by atoms with Crippen LogP contribution in [0.2, 0.25) is 0 Å². The number of anilines is 1. The van der Waals surface area contributed by atoms with E-state index in [4.69, 9.17) is 4.37 Å². The highest BCUT2D eigenvalue weighted by Crippen LogP contribution is 2.56. The van der Waals surface area contributed by atoms with Crippen LogP contribution >= 0.6 is 11.5 Å². The first-order valence-corrected chi connectivity index (χ1v) is 14.6. The summed E-state index contributed by atoms with van der Waals surface area (Å²) >= 11 is 1.60. The minimum absolute atomic E-state index is 0.0261. The molecule has 35 heavy (non-hydrogen) atoms. The Kier molecular flexibility index (Phi) is 5.61. The summed E-state index contributed by atoms with van der Waals surface area (Å²) in [6, 6.07) is 8.54. The van der Waals surface area contributed by atoms with E-state index in [0.717, 1.165) is 64.2 Å². The number of hydrogen-bond acceptors (Lipinski definition) is 6. The molecule has 2 aromatic rings. The van der Waals surface area contributed by atoms with Crippen molar-refractivity contribution in [3.63, 3.8) is 0 Å². The molecule has 5 aliphatic rings. The second-order valence-electron chi connectivity index (χ2n) is 11.8. The second-order valence-corrected chi connectivity index (χ2v) is 12.6. The molecular weight excluding hydrogens is 456 g/mol. The van der Waals surface area contributed by atoms with Crippen molar-refractivity contribution in [3.8, 4) is 0 Å². The highest BCUT2D eigenvalue weighted by Gasteiger charge is 2.61. The van der Waals surface area contributed by atoms with Crippen molar-refractivity contribution in [2.45, 2.75) is 44.9 Å². The van der Waals surface area contributed by atoms with E-state index in [-0.39, 0.29) is 23.7 Å². The minimum Gasteiger partial charge on any atom is -0.353 e. The molecule has 2 saturated heterocycles. The van der Waals surface area contributed by atoms with Gasteiger partial charge in [0.05, 0.1) is 16.5 Å². The van der Waals surface area contributed by atoms with E-state index in [1.54, 1.807) is 16.4 Å². The molecule has 0 unspecified atom stereocenters. The van der Waals surface area contributed by atoms with Crippen LogP contribution < -0.4 is 4.90 Å². The Balaban J connectivity index is 0.986. The third-order valence-corrected chi connectivity index (χ3v) is 10.8. The summed E-state index contributed by atoms with van der Waals surface area (Å²) < 4.78 is 6.02. The Morgan fingerprint density at radius 2 is 1.49 bits per heavy atom. The molecule has 2 amide bonds. The molecule has 6 atom stereocenters. The SMILES string of the molecule is O=C1[C@@H]2[C@@H]3CC[C@@H](C3)[C@@H]2C(=O)N1C[C@H]1CCCC[C@@H]1CN1CCN(c2nsc3ccccc23)CC1. The molecule has 6 nitrogen and oxygen atoms in total. The summed E-state index contributed by atoms with van der Waals surface area (Å²) in [7, 11) is 0. The average Bonchev–Trinajstić information content (AvgIpc) is 3.66. The topological polar surface area (TPSA) is 56.8 Å². The molecule has 3 heterocycles. The highest BCUT2D eigenvalue weighted by atomic mass is 32.1. The molecule has 0 radical (unpaired) electrons. The van der Waals surface area contributed by atoms with Gasteiger partial charge in [0.15, 0.2) is 0 Å². The maximum atomic E-state index is 13.3. The minimum atomic E-state index is 0.0261. The number of carbonyl (C=O) groups is 2. The van der Waals surface area contributed by atoms with E-state index in [0.29, 0.717) is 30.2 Å². The van der Waals surface area contributed by atoms with Gasteiger partial charge in [0, 0.05) is 44.7 Å². The lowest BCUT2D eigenvalue weighted by Gasteiger charge is -2.40. The maximum absolute atomic E-state index is 13.3. The second kappa shape index (κ2) is 8.84. The van der Waals surface area contributed by atoms with E-state index in [9.17, 15) is 9.59 Å². The van der Waals surface area contributed by atoms with Gasteiger partial charge in [-0.05, 0) is 79.4 Å². The number of imide groups is 1. The molecule has 0 N–H and O–H groups in total. The number of benzene rings is 1. The van der Waals surface area contributed by atoms with Crippen LogP contribution in [0.4, 0.5) is 5.82 Å². The van der Waals surface area contributed by atoms with Gasteiger partial charge in [-0.1, -0.05) is 25.0 Å². The van der Waals surface area contributed by atoms with Crippen molar-refractivity contribution in [3.05, 3.63) is 24.3 Å². The Hall–Kier alpha value is -1.99. The van der Waals surface area contributed by atoms with Gasteiger partial charge in [-0.3, -0.25) is 19.4 Å². The van der Waals surface area contributed by atoms with Crippen molar-refractivity contribution in [2.24, 2.45) is 35.5 Å².